The van der Waals surface area contributed by atoms with Crippen molar-refractivity contribution >= 4 is 0 Å². The lowest BCUT2D eigenvalue weighted by Crippen LogP contribution is -2.27. The highest BCUT2D eigenvalue weighted by atomic mass is 15.0. The van der Waals surface area contributed by atoms with Crippen molar-refractivity contribution < 1.29 is 0 Å². The Morgan fingerprint density at radius 2 is 1.88 bits per heavy atom. The van der Waals surface area contributed by atoms with Crippen molar-refractivity contribution in [3.8, 4) is 0 Å². The molecule has 0 saturated heterocycles. The summed E-state index contributed by atoms with van der Waals surface area (Å²) in [5.41, 5.74) is 4.14. The maximum absolute atomic E-state index is 3.60. The smallest absolute Gasteiger partial charge is 0.0225 e. The molecule has 0 aromatic carbocycles. The normalized spacial score (nSPS) is 13.4. The number of hydrogen-bond donors (Lipinski definition) is 1. The van der Waals surface area contributed by atoms with Gasteiger partial charge in [0.25, 0.3) is 0 Å². The monoisotopic (exact) mass is 222 g/mol. The SMILES string of the molecule is Cc1cc(CNC(C)CC(C)C)c(C)n1C. The molecule has 16 heavy (non-hydrogen) atoms. The summed E-state index contributed by atoms with van der Waals surface area (Å²) in [6.07, 6.45) is 1.24. The molecule has 1 aromatic rings. The topological polar surface area (TPSA) is 17.0 Å². The molecule has 0 saturated carbocycles. The van der Waals surface area contributed by atoms with Crippen LogP contribution in [-0.4, -0.2) is 10.6 Å². The molecule has 2 heteroatoms. The van der Waals surface area contributed by atoms with Gasteiger partial charge in [-0.05, 0) is 44.7 Å². The second-order valence-electron chi connectivity index (χ2n) is 5.37. The van der Waals surface area contributed by atoms with Crippen molar-refractivity contribution in [2.75, 3.05) is 0 Å². The van der Waals surface area contributed by atoms with Gasteiger partial charge in [0.2, 0.25) is 0 Å². The Balaban J connectivity index is 2.51. The van der Waals surface area contributed by atoms with E-state index in [4.69, 9.17) is 0 Å². The zero-order valence-electron chi connectivity index (χ0n) is 11.6. The molecule has 1 unspecified atom stereocenters. The second kappa shape index (κ2) is 5.53. The lowest BCUT2D eigenvalue weighted by Gasteiger charge is -2.15. The van der Waals surface area contributed by atoms with E-state index in [2.05, 4.69) is 57.6 Å². The second-order valence-corrected chi connectivity index (χ2v) is 5.37. The van der Waals surface area contributed by atoms with Crippen LogP contribution >= 0.6 is 0 Å². The van der Waals surface area contributed by atoms with Gasteiger partial charge in [0.05, 0.1) is 0 Å². The van der Waals surface area contributed by atoms with Gasteiger partial charge in [-0.25, -0.2) is 0 Å². The van der Waals surface area contributed by atoms with Crippen molar-refractivity contribution in [1.82, 2.24) is 9.88 Å². The van der Waals surface area contributed by atoms with Gasteiger partial charge in [0.15, 0.2) is 0 Å². The van der Waals surface area contributed by atoms with Crippen molar-refractivity contribution in [3.63, 3.8) is 0 Å². The number of nitrogens with one attached hydrogen (secondary N) is 1. The molecule has 0 aliphatic heterocycles. The van der Waals surface area contributed by atoms with Crippen LogP contribution in [0.3, 0.4) is 0 Å². The molecule has 1 rings (SSSR count). The quantitative estimate of drug-likeness (QED) is 0.809. The maximum atomic E-state index is 3.60. The predicted octanol–water partition coefficient (Wildman–Crippen LogP) is 3.17. The van der Waals surface area contributed by atoms with Crippen LogP contribution in [0.4, 0.5) is 0 Å². The molecule has 0 bridgehead atoms. The van der Waals surface area contributed by atoms with Crippen molar-refractivity contribution in [2.24, 2.45) is 13.0 Å². The van der Waals surface area contributed by atoms with E-state index in [0.29, 0.717) is 6.04 Å². The Morgan fingerprint density at radius 3 is 2.31 bits per heavy atom. The summed E-state index contributed by atoms with van der Waals surface area (Å²) in [5.74, 6) is 0.765. The summed E-state index contributed by atoms with van der Waals surface area (Å²) in [6, 6.07) is 2.88. The third-order valence-corrected chi connectivity index (χ3v) is 3.35. The van der Waals surface area contributed by atoms with Crippen molar-refractivity contribution in [1.29, 1.82) is 0 Å². The maximum Gasteiger partial charge on any atom is 0.0225 e. The van der Waals surface area contributed by atoms with Crippen molar-refractivity contribution in [2.45, 2.75) is 53.6 Å². The lowest BCUT2D eigenvalue weighted by atomic mass is 10.1. The summed E-state index contributed by atoms with van der Waals surface area (Å²) in [6.45, 7) is 12.2. The van der Waals surface area contributed by atoms with Crippen LogP contribution in [-0.2, 0) is 13.6 Å². The largest absolute Gasteiger partial charge is 0.352 e. The van der Waals surface area contributed by atoms with Gasteiger partial charge in [0, 0.05) is 31.0 Å². The van der Waals surface area contributed by atoms with Gasteiger partial charge < -0.3 is 9.88 Å². The molecule has 1 N–H and O–H groups in total. The Hall–Kier alpha value is -0.760. The minimum Gasteiger partial charge on any atom is -0.352 e. The molecule has 0 aliphatic carbocycles. The van der Waals surface area contributed by atoms with Crippen LogP contribution in [0.5, 0.6) is 0 Å². The Kier molecular flexibility index (Phi) is 4.60. The molecule has 0 radical (unpaired) electrons. The fourth-order valence-corrected chi connectivity index (χ4v) is 2.19. The minimum atomic E-state index is 0.597. The van der Waals surface area contributed by atoms with Crippen molar-refractivity contribution in [3.05, 3.63) is 23.0 Å². The van der Waals surface area contributed by atoms with E-state index < -0.39 is 0 Å². The van der Waals surface area contributed by atoms with E-state index in [-0.39, 0.29) is 0 Å². The Labute approximate surface area is 100 Å². The average Bonchev–Trinajstić information content (AvgIpc) is 2.42. The van der Waals surface area contributed by atoms with Crippen LogP contribution in [0.25, 0.3) is 0 Å². The zero-order chi connectivity index (χ0) is 12.3. The molecule has 0 aliphatic rings. The Morgan fingerprint density at radius 1 is 1.25 bits per heavy atom. The van der Waals surface area contributed by atoms with Crippen LogP contribution in [0.1, 0.15) is 44.1 Å². The molecule has 1 heterocycles. The van der Waals surface area contributed by atoms with E-state index in [1.54, 1.807) is 0 Å². The summed E-state index contributed by atoms with van der Waals surface area (Å²) < 4.78 is 2.25. The number of hydrogen-bond acceptors (Lipinski definition) is 1. The van der Waals surface area contributed by atoms with Gasteiger partial charge in [-0.15, -0.1) is 0 Å². The van der Waals surface area contributed by atoms with Crippen LogP contribution in [0, 0.1) is 19.8 Å². The summed E-state index contributed by atoms with van der Waals surface area (Å²) in [7, 11) is 2.13. The van der Waals surface area contributed by atoms with Crippen LogP contribution in [0.15, 0.2) is 6.07 Å². The molecular formula is C14H26N2. The van der Waals surface area contributed by atoms with E-state index in [9.17, 15) is 0 Å². The number of rotatable bonds is 5. The summed E-state index contributed by atoms with van der Waals surface area (Å²) >= 11 is 0. The van der Waals surface area contributed by atoms with E-state index in [1.165, 1.54) is 23.4 Å². The third-order valence-electron chi connectivity index (χ3n) is 3.35. The molecular weight excluding hydrogens is 196 g/mol. The van der Waals surface area contributed by atoms with Gasteiger partial charge in [-0.3, -0.25) is 0 Å². The van der Waals surface area contributed by atoms with E-state index in [1.807, 2.05) is 0 Å². The predicted molar refractivity (Wildman–Crippen MR) is 70.6 cm³/mol. The van der Waals surface area contributed by atoms with Gasteiger partial charge in [0.1, 0.15) is 0 Å². The van der Waals surface area contributed by atoms with E-state index >= 15 is 0 Å². The number of nitrogens with zero attached hydrogens (tertiary/aromatic N) is 1. The molecule has 1 atom stereocenters. The fourth-order valence-electron chi connectivity index (χ4n) is 2.19. The molecule has 0 spiro atoms. The van der Waals surface area contributed by atoms with Crippen LogP contribution in [0.2, 0.25) is 0 Å². The van der Waals surface area contributed by atoms with Gasteiger partial charge in [-0.2, -0.15) is 0 Å². The molecule has 92 valence electrons. The van der Waals surface area contributed by atoms with Crippen LogP contribution < -0.4 is 5.32 Å². The van der Waals surface area contributed by atoms with E-state index in [0.717, 1.165) is 12.5 Å². The molecule has 0 fully saturated rings. The minimum absolute atomic E-state index is 0.597. The fraction of sp³-hybridized carbons (Fsp3) is 0.714. The first-order chi connectivity index (χ1) is 7.41. The summed E-state index contributed by atoms with van der Waals surface area (Å²) in [4.78, 5) is 0. The summed E-state index contributed by atoms with van der Waals surface area (Å²) in [5, 5.41) is 3.60. The third kappa shape index (κ3) is 3.38. The first kappa shape index (κ1) is 13.3. The molecule has 2 nitrogen and oxygen atoms in total. The van der Waals surface area contributed by atoms with Gasteiger partial charge in [-0.1, -0.05) is 13.8 Å². The molecule has 1 aromatic heterocycles. The lowest BCUT2D eigenvalue weighted by molar-refractivity contribution is 0.441. The first-order valence-corrected chi connectivity index (χ1v) is 6.27. The number of aromatic nitrogens is 1. The standard InChI is InChI=1S/C14H26N2/c1-10(2)7-11(3)15-9-14-8-12(4)16(6)13(14)5/h8,10-11,15H,7,9H2,1-6H3. The van der Waals surface area contributed by atoms with Gasteiger partial charge >= 0.3 is 0 Å². The highest BCUT2D eigenvalue weighted by Crippen LogP contribution is 2.13. The average molecular weight is 222 g/mol. The Bertz CT molecular complexity index is 337. The number of aryl methyl sites for hydroxylation is 1. The highest BCUT2D eigenvalue weighted by Gasteiger charge is 2.08. The molecule has 0 amide bonds. The highest BCUT2D eigenvalue weighted by molar-refractivity contribution is 5.26. The first-order valence-electron chi connectivity index (χ1n) is 6.27. The zero-order valence-corrected chi connectivity index (χ0v) is 11.6.